The molecule has 0 bridgehead atoms. The standard InChI is InChI=1S/C12H14FNO2/c13-9-4-3-8(7-10(9)14)12(11(15)16)5-1-2-6-12/h3-4,7H,1-2,5-6,14H2,(H,15,16). The largest absolute Gasteiger partial charge is 0.481 e. The smallest absolute Gasteiger partial charge is 0.314 e. The van der Waals surface area contributed by atoms with Crippen molar-refractivity contribution in [2.45, 2.75) is 31.1 Å². The molecule has 0 aliphatic heterocycles. The van der Waals surface area contributed by atoms with Gasteiger partial charge in [-0.25, -0.2) is 4.39 Å². The third-order valence-electron chi connectivity index (χ3n) is 3.42. The zero-order valence-corrected chi connectivity index (χ0v) is 8.87. The Morgan fingerprint density at radius 2 is 2.00 bits per heavy atom. The van der Waals surface area contributed by atoms with Gasteiger partial charge in [0.2, 0.25) is 0 Å². The zero-order chi connectivity index (χ0) is 11.8. The number of nitrogens with two attached hydrogens (primary N) is 1. The number of aliphatic carboxylic acids is 1. The van der Waals surface area contributed by atoms with Crippen LogP contribution in [0.2, 0.25) is 0 Å². The molecule has 3 nitrogen and oxygen atoms in total. The Hall–Kier alpha value is -1.58. The van der Waals surface area contributed by atoms with E-state index in [-0.39, 0.29) is 5.69 Å². The minimum absolute atomic E-state index is 0.0185. The summed E-state index contributed by atoms with van der Waals surface area (Å²) in [6, 6.07) is 4.23. The van der Waals surface area contributed by atoms with Crippen LogP contribution < -0.4 is 5.73 Å². The van der Waals surface area contributed by atoms with Crippen molar-refractivity contribution in [3.8, 4) is 0 Å². The lowest BCUT2D eigenvalue weighted by Crippen LogP contribution is -2.32. The van der Waals surface area contributed by atoms with Gasteiger partial charge in [0.05, 0.1) is 11.1 Å². The number of carbonyl (C=O) groups is 1. The van der Waals surface area contributed by atoms with Crippen LogP contribution in [-0.4, -0.2) is 11.1 Å². The first-order valence-corrected chi connectivity index (χ1v) is 5.35. The van der Waals surface area contributed by atoms with E-state index in [9.17, 15) is 14.3 Å². The van der Waals surface area contributed by atoms with Crippen LogP contribution in [0, 0.1) is 5.82 Å². The second kappa shape index (κ2) is 3.77. The average Bonchev–Trinajstić information content (AvgIpc) is 2.72. The Kier molecular flexibility index (Phi) is 2.58. The summed E-state index contributed by atoms with van der Waals surface area (Å²) in [6.45, 7) is 0. The fourth-order valence-corrected chi connectivity index (χ4v) is 2.45. The summed E-state index contributed by atoms with van der Waals surface area (Å²) in [4.78, 5) is 11.4. The predicted octanol–water partition coefficient (Wildman–Crippen LogP) is 2.30. The number of halogens is 1. The maximum Gasteiger partial charge on any atom is 0.314 e. The molecular weight excluding hydrogens is 209 g/mol. The quantitative estimate of drug-likeness (QED) is 0.756. The number of carboxylic acids is 1. The Balaban J connectivity index is 2.47. The zero-order valence-electron chi connectivity index (χ0n) is 8.87. The van der Waals surface area contributed by atoms with Crippen LogP contribution in [-0.2, 0) is 10.2 Å². The lowest BCUT2D eigenvalue weighted by molar-refractivity contribution is -0.143. The van der Waals surface area contributed by atoms with Crippen molar-refractivity contribution in [2.24, 2.45) is 0 Å². The number of benzene rings is 1. The highest BCUT2D eigenvalue weighted by molar-refractivity contribution is 5.82. The fourth-order valence-electron chi connectivity index (χ4n) is 2.45. The minimum atomic E-state index is -0.859. The van der Waals surface area contributed by atoms with Crippen LogP contribution in [0.15, 0.2) is 18.2 Å². The maximum absolute atomic E-state index is 13.0. The van der Waals surface area contributed by atoms with Crippen LogP contribution in [0.5, 0.6) is 0 Å². The van der Waals surface area contributed by atoms with Gasteiger partial charge < -0.3 is 10.8 Å². The summed E-state index contributed by atoms with van der Waals surface area (Å²) in [6.07, 6.45) is 2.99. The van der Waals surface area contributed by atoms with Gasteiger partial charge in [0, 0.05) is 0 Å². The van der Waals surface area contributed by atoms with Gasteiger partial charge in [-0.1, -0.05) is 18.9 Å². The third kappa shape index (κ3) is 1.54. The maximum atomic E-state index is 13.0. The summed E-state index contributed by atoms with van der Waals surface area (Å²) in [5.41, 5.74) is 5.26. The average molecular weight is 223 g/mol. The highest BCUT2D eigenvalue weighted by Crippen LogP contribution is 2.42. The summed E-state index contributed by atoms with van der Waals surface area (Å²) >= 11 is 0. The normalized spacial score (nSPS) is 18.6. The van der Waals surface area contributed by atoms with Gasteiger partial charge in [-0.15, -0.1) is 0 Å². The van der Waals surface area contributed by atoms with Crippen LogP contribution >= 0.6 is 0 Å². The Bertz CT molecular complexity index is 425. The number of hydrogen-bond donors (Lipinski definition) is 2. The second-order valence-electron chi connectivity index (χ2n) is 4.33. The first kappa shape index (κ1) is 10.9. The van der Waals surface area contributed by atoms with Crippen LogP contribution in [0.3, 0.4) is 0 Å². The number of nitrogen functional groups attached to an aromatic ring is 1. The number of carboxylic acid groups (broad SMARTS) is 1. The number of rotatable bonds is 2. The summed E-state index contributed by atoms with van der Waals surface area (Å²) in [5, 5.41) is 9.34. The van der Waals surface area contributed by atoms with E-state index in [0.717, 1.165) is 12.8 Å². The van der Waals surface area contributed by atoms with Crippen molar-refractivity contribution in [1.29, 1.82) is 0 Å². The highest BCUT2D eigenvalue weighted by atomic mass is 19.1. The van der Waals surface area contributed by atoms with Crippen molar-refractivity contribution in [1.82, 2.24) is 0 Å². The topological polar surface area (TPSA) is 63.3 Å². The SMILES string of the molecule is Nc1cc(C2(C(=O)O)CCCC2)ccc1F. The predicted molar refractivity (Wildman–Crippen MR) is 58.6 cm³/mol. The summed E-state index contributed by atoms with van der Waals surface area (Å²) in [7, 11) is 0. The molecular formula is C12H14FNO2. The molecule has 0 amide bonds. The summed E-state index contributed by atoms with van der Waals surface area (Å²) in [5.74, 6) is -1.33. The highest BCUT2D eigenvalue weighted by Gasteiger charge is 2.43. The van der Waals surface area contributed by atoms with E-state index in [4.69, 9.17) is 5.73 Å². The molecule has 1 aliphatic rings. The van der Waals surface area contributed by atoms with Crippen molar-refractivity contribution >= 4 is 11.7 Å². The molecule has 1 aromatic rings. The second-order valence-corrected chi connectivity index (χ2v) is 4.33. The van der Waals surface area contributed by atoms with Crippen molar-refractivity contribution in [3.63, 3.8) is 0 Å². The van der Waals surface area contributed by atoms with Crippen molar-refractivity contribution in [2.75, 3.05) is 5.73 Å². The summed E-state index contributed by atoms with van der Waals surface area (Å²) < 4.78 is 13.0. The van der Waals surface area contributed by atoms with Crippen LogP contribution in [0.4, 0.5) is 10.1 Å². The minimum Gasteiger partial charge on any atom is -0.481 e. The molecule has 1 saturated carbocycles. The lowest BCUT2D eigenvalue weighted by atomic mass is 9.79. The molecule has 3 N–H and O–H groups in total. The van der Waals surface area contributed by atoms with Gasteiger partial charge in [0.25, 0.3) is 0 Å². The first-order valence-electron chi connectivity index (χ1n) is 5.35. The van der Waals surface area contributed by atoms with Gasteiger partial charge in [-0.05, 0) is 30.5 Å². The van der Waals surface area contributed by atoms with E-state index in [2.05, 4.69) is 0 Å². The molecule has 0 unspecified atom stereocenters. The van der Waals surface area contributed by atoms with Gasteiger partial charge in [0.1, 0.15) is 5.82 Å². The molecule has 16 heavy (non-hydrogen) atoms. The first-order chi connectivity index (χ1) is 7.56. The third-order valence-corrected chi connectivity index (χ3v) is 3.42. The van der Waals surface area contributed by atoms with Crippen LogP contribution in [0.1, 0.15) is 31.2 Å². The Morgan fingerprint density at radius 3 is 2.50 bits per heavy atom. The molecule has 0 saturated heterocycles. The fraction of sp³-hybridized carbons (Fsp3) is 0.417. The molecule has 0 heterocycles. The monoisotopic (exact) mass is 223 g/mol. The number of hydrogen-bond acceptors (Lipinski definition) is 2. The van der Waals surface area contributed by atoms with E-state index in [1.807, 2.05) is 0 Å². The van der Waals surface area contributed by atoms with E-state index in [0.29, 0.717) is 18.4 Å². The molecule has 1 fully saturated rings. The molecule has 2 rings (SSSR count). The molecule has 0 atom stereocenters. The molecule has 1 aromatic carbocycles. The molecule has 1 aliphatic carbocycles. The lowest BCUT2D eigenvalue weighted by Gasteiger charge is -2.24. The molecule has 86 valence electrons. The van der Waals surface area contributed by atoms with E-state index in [1.165, 1.54) is 18.2 Å². The Labute approximate surface area is 93.1 Å². The van der Waals surface area contributed by atoms with Gasteiger partial charge in [-0.2, -0.15) is 0 Å². The Morgan fingerprint density at radius 1 is 1.38 bits per heavy atom. The molecule has 4 heteroatoms. The van der Waals surface area contributed by atoms with Crippen LogP contribution in [0.25, 0.3) is 0 Å². The van der Waals surface area contributed by atoms with E-state index >= 15 is 0 Å². The number of anilines is 1. The molecule has 0 aromatic heterocycles. The van der Waals surface area contributed by atoms with E-state index in [1.54, 1.807) is 0 Å². The molecule has 0 spiro atoms. The van der Waals surface area contributed by atoms with E-state index < -0.39 is 17.2 Å². The van der Waals surface area contributed by atoms with Crippen molar-refractivity contribution < 1.29 is 14.3 Å². The van der Waals surface area contributed by atoms with Gasteiger partial charge in [-0.3, -0.25) is 4.79 Å². The molecule has 0 radical (unpaired) electrons. The van der Waals surface area contributed by atoms with Gasteiger partial charge in [0.15, 0.2) is 0 Å². The van der Waals surface area contributed by atoms with Crippen molar-refractivity contribution in [3.05, 3.63) is 29.6 Å². The van der Waals surface area contributed by atoms with Gasteiger partial charge >= 0.3 is 5.97 Å².